The van der Waals surface area contributed by atoms with Crippen molar-refractivity contribution in [3.63, 3.8) is 0 Å². The van der Waals surface area contributed by atoms with Crippen LogP contribution >= 0.6 is 0 Å². The van der Waals surface area contributed by atoms with Gasteiger partial charge < -0.3 is 5.11 Å². The SMILES string of the molecule is Cc1nnc(CC(C)C)n1C(C)(C)C(=O)O. The molecule has 0 atom stereocenters. The average molecular weight is 225 g/mol. The second-order valence-corrected chi connectivity index (χ2v) is 4.96. The molecule has 0 aliphatic heterocycles. The second-order valence-electron chi connectivity index (χ2n) is 4.96. The molecule has 90 valence electrons. The normalized spacial score (nSPS) is 12.1. The highest BCUT2D eigenvalue weighted by Gasteiger charge is 2.33. The third-order valence-electron chi connectivity index (χ3n) is 2.57. The van der Waals surface area contributed by atoms with Crippen LogP contribution < -0.4 is 0 Å². The molecule has 0 aliphatic carbocycles. The van der Waals surface area contributed by atoms with Gasteiger partial charge in [-0.15, -0.1) is 10.2 Å². The number of carbonyl (C=O) groups is 1. The van der Waals surface area contributed by atoms with Crippen molar-refractivity contribution in [3.05, 3.63) is 11.6 Å². The Bertz CT molecular complexity index is 394. The summed E-state index contributed by atoms with van der Waals surface area (Å²) in [7, 11) is 0. The molecule has 0 amide bonds. The molecule has 1 aromatic rings. The molecule has 1 aromatic heterocycles. The molecular weight excluding hydrogens is 206 g/mol. The van der Waals surface area contributed by atoms with Crippen molar-refractivity contribution < 1.29 is 9.90 Å². The highest BCUT2D eigenvalue weighted by Crippen LogP contribution is 2.21. The molecular formula is C11H19N3O2. The lowest BCUT2D eigenvalue weighted by Crippen LogP contribution is -2.37. The second kappa shape index (κ2) is 4.23. The summed E-state index contributed by atoms with van der Waals surface area (Å²) in [4.78, 5) is 11.2. The van der Waals surface area contributed by atoms with Crippen LogP contribution in [0.15, 0.2) is 0 Å². The Kier molecular flexibility index (Phi) is 3.35. The minimum Gasteiger partial charge on any atom is -0.480 e. The topological polar surface area (TPSA) is 68.0 Å². The number of carboxylic acids is 1. The van der Waals surface area contributed by atoms with Gasteiger partial charge in [-0.2, -0.15) is 0 Å². The summed E-state index contributed by atoms with van der Waals surface area (Å²) in [6, 6.07) is 0. The Balaban J connectivity index is 3.21. The highest BCUT2D eigenvalue weighted by molar-refractivity contribution is 5.75. The molecule has 0 radical (unpaired) electrons. The number of rotatable bonds is 4. The van der Waals surface area contributed by atoms with E-state index in [1.54, 1.807) is 25.3 Å². The van der Waals surface area contributed by atoms with Gasteiger partial charge in [0.15, 0.2) is 0 Å². The van der Waals surface area contributed by atoms with Crippen LogP contribution in [-0.2, 0) is 16.8 Å². The van der Waals surface area contributed by atoms with E-state index in [1.165, 1.54) is 0 Å². The predicted octanol–water partition coefficient (Wildman–Crippen LogP) is 1.60. The fraction of sp³-hybridized carbons (Fsp3) is 0.727. The summed E-state index contributed by atoms with van der Waals surface area (Å²) in [5.74, 6) is 0.926. The molecule has 0 unspecified atom stereocenters. The first kappa shape index (κ1) is 12.7. The van der Waals surface area contributed by atoms with Crippen molar-refractivity contribution in [2.45, 2.75) is 46.6 Å². The van der Waals surface area contributed by atoms with E-state index in [4.69, 9.17) is 0 Å². The van der Waals surface area contributed by atoms with Crippen molar-refractivity contribution in [1.29, 1.82) is 0 Å². The van der Waals surface area contributed by atoms with E-state index in [9.17, 15) is 9.90 Å². The van der Waals surface area contributed by atoms with Crippen LogP contribution in [0.1, 0.15) is 39.3 Å². The van der Waals surface area contributed by atoms with Gasteiger partial charge >= 0.3 is 5.97 Å². The van der Waals surface area contributed by atoms with Gasteiger partial charge in [-0.3, -0.25) is 4.57 Å². The summed E-state index contributed by atoms with van der Waals surface area (Å²) in [5, 5.41) is 17.2. The number of aliphatic carboxylic acids is 1. The number of carboxylic acid groups (broad SMARTS) is 1. The lowest BCUT2D eigenvalue weighted by Gasteiger charge is -2.24. The zero-order valence-corrected chi connectivity index (χ0v) is 10.5. The molecule has 1 heterocycles. The van der Waals surface area contributed by atoms with Crippen LogP contribution in [0.4, 0.5) is 0 Å². The Labute approximate surface area is 95.5 Å². The summed E-state index contributed by atoms with van der Waals surface area (Å²) in [6.45, 7) is 9.25. The van der Waals surface area contributed by atoms with E-state index in [1.807, 2.05) is 0 Å². The number of aromatic nitrogens is 3. The monoisotopic (exact) mass is 225 g/mol. The van der Waals surface area contributed by atoms with Crippen molar-refractivity contribution >= 4 is 5.97 Å². The molecule has 16 heavy (non-hydrogen) atoms. The molecule has 1 rings (SSSR count). The molecule has 0 bridgehead atoms. The molecule has 0 spiro atoms. The van der Waals surface area contributed by atoms with E-state index in [0.717, 1.165) is 12.2 Å². The van der Waals surface area contributed by atoms with Crippen LogP contribution in [-0.4, -0.2) is 25.8 Å². The zero-order valence-electron chi connectivity index (χ0n) is 10.5. The third kappa shape index (κ3) is 2.23. The first-order valence-electron chi connectivity index (χ1n) is 5.41. The average Bonchev–Trinajstić information content (AvgIpc) is 2.46. The van der Waals surface area contributed by atoms with Gasteiger partial charge in [0.2, 0.25) is 0 Å². The van der Waals surface area contributed by atoms with Gasteiger partial charge in [-0.05, 0) is 26.7 Å². The van der Waals surface area contributed by atoms with Crippen LogP contribution in [0.3, 0.4) is 0 Å². The molecule has 1 N–H and O–H groups in total. The van der Waals surface area contributed by atoms with Crippen LogP contribution in [0.25, 0.3) is 0 Å². The fourth-order valence-corrected chi connectivity index (χ4v) is 1.73. The molecule has 0 aromatic carbocycles. The molecule has 0 aliphatic rings. The quantitative estimate of drug-likeness (QED) is 0.845. The van der Waals surface area contributed by atoms with Crippen LogP contribution in [0, 0.1) is 12.8 Å². The largest absolute Gasteiger partial charge is 0.480 e. The predicted molar refractivity (Wildman–Crippen MR) is 60.3 cm³/mol. The standard InChI is InChI=1S/C11H19N3O2/c1-7(2)6-9-13-12-8(3)14(9)11(4,5)10(15)16/h7H,6H2,1-5H3,(H,15,16). The Morgan fingerprint density at radius 3 is 2.44 bits per heavy atom. The number of aryl methyl sites for hydroxylation is 1. The first-order chi connectivity index (χ1) is 7.26. The Morgan fingerprint density at radius 2 is 2.00 bits per heavy atom. The fourth-order valence-electron chi connectivity index (χ4n) is 1.73. The van der Waals surface area contributed by atoms with E-state index >= 15 is 0 Å². The number of hydrogen-bond donors (Lipinski definition) is 1. The molecule has 0 saturated carbocycles. The minimum absolute atomic E-state index is 0.423. The van der Waals surface area contributed by atoms with Crippen LogP contribution in [0.2, 0.25) is 0 Å². The van der Waals surface area contributed by atoms with Crippen molar-refractivity contribution in [2.24, 2.45) is 5.92 Å². The molecule has 5 nitrogen and oxygen atoms in total. The Morgan fingerprint density at radius 1 is 1.44 bits per heavy atom. The molecule has 5 heteroatoms. The Hall–Kier alpha value is -1.39. The van der Waals surface area contributed by atoms with Crippen molar-refractivity contribution in [3.8, 4) is 0 Å². The molecule has 0 fully saturated rings. The minimum atomic E-state index is -1.00. The van der Waals surface area contributed by atoms with Gasteiger partial charge in [0, 0.05) is 6.42 Å². The maximum absolute atomic E-state index is 11.2. The zero-order chi connectivity index (χ0) is 12.5. The van der Waals surface area contributed by atoms with Gasteiger partial charge in [-0.25, -0.2) is 4.79 Å². The maximum atomic E-state index is 11.2. The lowest BCUT2D eigenvalue weighted by molar-refractivity contribution is -0.145. The summed E-state index contributed by atoms with van der Waals surface area (Å²) >= 11 is 0. The van der Waals surface area contributed by atoms with Crippen LogP contribution in [0.5, 0.6) is 0 Å². The van der Waals surface area contributed by atoms with Gasteiger partial charge in [-0.1, -0.05) is 13.8 Å². The highest BCUT2D eigenvalue weighted by atomic mass is 16.4. The summed E-state index contributed by atoms with van der Waals surface area (Å²) < 4.78 is 1.70. The summed E-state index contributed by atoms with van der Waals surface area (Å²) in [5.41, 5.74) is -1.00. The van der Waals surface area contributed by atoms with Gasteiger partial charge in [0.05, 0.1) is 0 Å². The number of hydrogen-bond acceptors (Lipinski definition) is 3. The maximum Gasteiger partial charge on any atom is 0.329 e. The van der Waals surface area contributed by atoms with E-state index in [2.05, 4.69) is 24.0 Å². The van der Waals surface area contributed by atoms with E-state index in [0.29, 0.717) is 11.7 Å². The van der Waals surface area contributed by atoms with E-state index in [-0.39, 0.29) is 0 Å². The van der Waals surface area contributed by atoms with E-state index < -0.39 is 11.5 Å². The van der Waals surface area contributed by atoms with Crippen molar-refractivity contribution in [2.75, 3.05) is 0 Å². The third-order valence-corrected chi connectivity index (χ3v) is 2.57. The van der Waals surface area contributed by atoms with Gasteiger partial charge in [0.1, 0.15) is 17.2 Å². The number of nitrogens with zero attached hydrogens (tertiary/aromatic N) is 3. The van der Waals surface area contributed by atoms with Crippen molar-refractivity contribution in [1.82, 2.24) is 14.8 Å². The smallest absolute Gasteiger partial charge is 0.329 e. The van der Waals surface area contributed by atoms with Gasteiger partial charge in [0.25, 0.3) is 0 Å². The summed E-state index contributed by atoms with van der Waals surface area (Å²) in [6.07, 6.45) is 0.734. The molecule has 0 saturated heterocycles. The first-order valence-corrected chi connectivity index (χ1v) is 5.41. The lowest BCUT2D eigenvalue weighted by atomic mass is 10.0.